The van der Waals surface area contributed by atoms with Crippen LogP contribution in [0.3, 0.4) is 0 Å². The lowest BCUT2D eigenvalue weighted by Gasteiger charge is -2.15. The maximum absolute atomic E-state index is 5.97. The molecule has 1 atom stereocenters. The molecule has 0 bridgehead atoms. The van der Waals surface area contributed by atoms with Crippen LogP contribution >= 0.6 is 39.1 Å². The van der Waals surface area contributed by atoms with Crippen LogP contribution in [0.25, 0.3) is 0 Å². The molecule has 1 aromatic carbocycles. The predicted octanol–water partition coefficient (Wildman–Crippen LogP) is 4.44. The van der Waals surface area contributed by atoms with Crippen molar-refractivity contribution in [3.63, 3.8) is 0 Å². The first-order valence-electron chi connectivity index (χ1n) is 6.21. The molecule has 6 heteroatoms. The van der Waals surface area contributed by atoms with Gasteiger partial charge in [-0.3, -0.25) is 0 Å². The van der Waals surface area contributed by atoms with Crippen LogP contribution in [0.4, 0.5) is 0 Å². The van der Waals surface area contributed by atoms with E-state index in [2.05, 4.69) is 22.9 Å². The fraction of sp³-hybridized carbons (Fsp3) is 0.429. The molecule has 112 valence electrons. The second-order valence-electron chi connectivity index (χ2n) is 4.33. The van der Waals surface area contributed by atoms with Crippen LogP contribution in [-0.4, -0.2) is 19.8 Å². The van der Waals surface area contributed by atoms with E-state index < -0.39 is 0 Å². The third-order valence-corrected chi connectivity index (χ3v) is 3.97. The molecule has 1 unspecified atom stereocenters. The molecule has 2 N–H and O–H groups in total. The Kier molecular flexibility index (Phi) is 7.74. The van der Waals surface area contributed by atoms with Crippen LogP contribution in [0, 0.1) is 0 Å². The van der Waals surface area contributed by atoms with Crippen LogP contribution in [0.1, 0.15) is 18.9 Å². The van der Waals surface area contributed by atoms with Crippen molar-refractivity contribution in [2.75, 3.05) is 13.7 Å². The van der Waals surface area contributed by atoms with E-state index in [0.717, 1.165) is 22.9 Å². The van der Waals surface area contributed by atoms with Crippen molar-refractivity contribution in [3.8, 4) is 11.5 Å². The fourth-order valence-electron chi connectivity index (χ4n) is 1.65. The van der Waals surface area contributed by atoms with Crippen molar-refractivity contribution in [1.29, 1.82) is 0 Å². The number of hydrogen-bond donors (Lipinski definition) is 1. The standard InChI is InChI=1S/C14H18BrCl2NO2/c1-3-11(18)4-9-5-12(15)14(13(6-9)19-2)20-8-10(17)7-16/h5-7,11H,3-4,8,18H2,1-2H3. The van der Waals surface area contributed by atoms with Gasteiger partial charge in [-0.1, -0.05) is 30.1 Å². The lowest BCUT2D eigenvalue weighted by atomic mass is 10.0. The third kappa shape index (κ3) is 5.17. The van der Waals surface area contributed by atoms with E-state index in [1.54, 1.807) is 7.11 Å². The molecule has 1 aromatic rings. The van der Waals surface area contributed by atoms with E-state index in [1.807, 2.05) is 12.1 Å². The molecular weight excluding hydrogens is 365 g/mol. The topological polar surface area (TPSA) is 44.5 Å². The molecule has 0 heterocycles. The van der Waals surface area contributed by atoms with Crippen LogP contribution in [-0.2, 0) is 6.42 Å². The molecule has 0 aliphatic carbocycles. The van der Waals surface area contributed by atoms with E-state index >= 15 is 0 Å². The van der Waals surface area contributed by atoms with Gasteiger partial charge in [0.15, 0.2) is 11.5 Å². The molecular formula is C14H18BrCl2NO2. The van der Waals surface area contributed by atoms with Crippen molar-refractivity contribution in [1.82, 2.24) is 0 Å². The van der Waals surface area contributed by atoms with Gasteiger partial charge in [-0.2, -0.15) is 0 Å². The first-order chi connectivity index (χ1) is 9.51. The highest BCUT2D eigenvalue weighted by molar-refractivity contribution is 9.10. The van der Waals surface area contributed by atoms with Crippen LogP contribution in [0.15, 0.2) is 27.2 Å². The van der Waals surface area contributed by atoms with Gasteiger partial charge in [0, 0.05) is 11.6 Å². The zero-order valence-electron chi connectivity index (χ0n) is 11.5. The highest BCUT2D eigenvalue weighted by Crippen LogP contribution is 2.37. The minimum absolute atomic E-state index is 0.131. The molecule has 20 heavy (non-hydrogen) atoms. The molecule has 0 spiro atoms. The number of halogens is 3. The summed E-state index contributed by atoms with van der Waals surface area (Å²) in [4.78, 5) is 0. The summed E-state index contributed by atoms with van der Waals surface area (Å²) in [6.07, 6.45) is 1.71. The lowest BCUT2D eigenvalue weighted by Crippen LogP contribution is -2.21. The average Bonchev–Trinajstić information content (AvgIpc) is 2.44. The SMILES string of the molecule is CCC(N)Cc1cc(Br)c(OCC(Cl)=CCl)c(OC)c1. The van der Waals surface area contributed by atoms with E-state index in [9.17, 15) is 0 Å². The van der Waals surface area contributed by atoms with E-state index in [1.165, 1.54) is 5.54 Å². The summed E-state index contributed by atoms with van der Waals surface area (Å²) in [5, 5.41) is 0.415. The first kappa shape index (κ1) is 17.6. The Morgan fingerprint density at radius 3 is 2.75 bits per heavy atom. The molecule has 0 aliphatic heterocycles. The van der Waals surface area contributed by atoms with Crippen molar-refractivity contribution < 1.29 is 9.47 Å². The van der Waals surface area contributed by atoms with Gasteiger partial charge in [0.1, 0.15) is 6.61 Å². The Labute approximate surface area is 138 Å². The van der Waals surface area contributed by atoms with Crippen molar-refractivity contribution in [3.05, 3.63) is 32.7 Å². The minimum Gasteiger partial charge on any atom is -0.493 e. The molecule has 0 aliphatic rings. The highest BCUT2D eigenvalue weighted by Gasteiger charge is 2.13. The number of benzene rings is 1. The van der Waals surface area contributed by atoms with Gasteiger partial charge < -0.3 is 15.2 Å². The summed E-state index contributed by atoms with van der Waals surface area (Å²) < 4.78 is 11.8. The number of hydrogen-bond acceptors (Lipinski definition) is 3. The Bertz CT molecular complexity index is 480. The normalized spacial score (nSPS) is 13.2. The Morgan fingerprint density at radius 2 is 2.20 bits per heavy atom. The van der Waals surface area contributed by atoms with E-state index in [-0.39, 0.29) is 12.6 Å². The number of nitrogens with two attached hydrogens (primary N) is 1. The van der Waals surface area contributed by atoms with E-state index in [0.29, 0.717) is 16.5 Å². The smallest absolute Gasteiger partial charge is 0.175 e. The van der Waals surface area contributed by atoms with Crippen LogP contribution < -0.4 is 15.2 Å². The molecule has 0 aromatic heterocycles. The van der Waals surface area contributed by atoms with Gasteiger partial charge >= 0.3 is 0 Å². The molecule has 0 saturated heterocycles. The predicted molar refractivity (Wildman–Crippen MR) is 87.9 cm³/mol. The molecule has 3 nitrogen and oxygen atoms in total. The third-order valence-electron chi connectivity index (χ3n) is 2.78. The summed E-state index contributed by atoms with van der Waals surface area (Å²) in [5.41, 5.74) is 8.34. The zero-order valence-corrected chi connectivity index (χ0v) is 14.6. The van der Waals surface area contributed by atoms with Crippen molar-refractivity contribution >= 4 is 39.1 Å². The second-order valence-corrected chi connectivity index (χ2v) is 5.88. The summed E-state index contributed by atoms with van der Waals surface area (Å²) in [6.45, 7) is 2.25. The first-order valence-corrected chi connectivity index (χ1v) is 7.82. The average molecular weight is 383 g/mol. The minimum atomic E-state index is 0.131. The number of methoxy groups -OCH3 is 1. The Balaban J connectivity index is 2.95. The summed E-state index contributed by atoms with van der Waals surface area (Å²) in [7, 11) is 1.59. The number of ether oxygens (including phenoxy) is 2. The van der Waals surface area contributed by atoms with Gasteiger partial charge in [0.05, 0.1) is 16.6 Å². The highest BCUT2D eigenvalue weighted by atomic mass is 79.9. The van der Waals surface area contributed by atoms with Gasteiger partial charge in [0.2, 0.25) is 0 Å². The van der Waals surface area contributed by atoms with Crippen molar-refractivity contribution in [2.24, 2.45) is 5.73 Å². The maximum atomic E-state index is 5.97. The second kappa shape index (κ2) is 8.78. The molecule has 0 radical (unpaired) electrons. The molecule has 1 rings (SSSR count). The Hall–Kier alpha value is -0.420. The summed E-state index contributed by atoms with van der Waals surface area (Å²) in [5.74, 6) is 1.23. The zero-order chi connectivity index (χ0) is 15.1. The molecule has 0 fully saturated rings. The van der Waals surface area contributed by atoms with Crippen LogP contribution in [0.2, 0.25) is 0 Å². The largest absolute Gasteiger partial charge is 0.493 e. The molecule has 0 saturated carbocycles. The van der Waals surface area contributed by atoms with Gasteiger partial charge in [-0.15, -0.1) is 0 Å². The van der Waals surface area contributed by atoms with Gasteiger partial charge in [-0.05, 0) is 46.5 Å². The molecule has 0 amide bonds. The lowest BCUT2D eigenvalue weighted by molar-refractivity contribution is 0.321. The van der Waals surface area contributed by atoms with E-state index in [4.69, 9.17) is 38.4 Å². The van der Waals surface area contributed by atoms with Crippen molar-refractivity contribution in [2.45, 2.75) is 25.8 Å². The fourth-order valence-corrected chi connectivity index (χ4v) is 2.37. The number of rotatable bonds is 7. The quantitative estimate of drug-likeness (QED) is 0.758. The van der Waals surface area contributed by atoms with Gasteiger partial charge in [0.25, 0.3) is 0 Å². The summed E-state index contributed by atoms with van der Waals surface area (Å²) >= 11 is 14.8. The van der Waals surface area contributed by atoms with Gasteiger partial charge in [-0.25, -0.2) is 0 Å². The summed E-state index contributed by atoms with van der Waals surface area (Å²) in [6, 6.07) is 4.03. The maximum Gasteiger partial charge on any atom is 0.175 e. The van der Waals surface area contributed by atoms with Crippen LogP contribution in [0.5, 0.6) is 11.5 Å². The monoisotopic (exact) mass is 381 g/mol. The Morgan fingerprint density at radius 1 is 1.50 bits per heavy atom.